The third-order valence-electron chi connectivity index (χ3n) is 4.47. The van der Waals surface area contributed by atoms with Crippen LogP contribution in [0.4, 0.5) is 13.2 Å². The van der Waals surface area contributed by atoms with Gasteiger partial charge in [-0.25, -0.2) is 0 Å². The second-order valence-corrected chi connectivity index (χ2v) is 6.07. The zero-order valence-electron chi connectivity index (χ0n) is 12.0. The molecule has 0 amide bonds. The first-order valence-corrected chi connectivity index (χ1v) is 7.65. The molecule has 0 unspecified atom stereocenters. The number of halogens is 3. The van der Waals surface area contributed by atoms with E-state index in [4.69, 9.17) is 0 Å². The molecule has 0 radical (unpaired) electrons. The lowest BCUT2D eigenvalue weighted by Gasteiger charge is -2.28. The summed E-state index contributed by atoms with van der Waals surface area (Å²) in [5.74, 6) is 1.53. The van der Waals surface area contributed by atoms with Crippen molar-refractivity contribution in [2.75, 3.05) is 0 Å². The molecule has 0 nitrogen and oxygen atoms in total. The molecule has 0 heterocycles. The molecule has 1 saturated carbocycles. The van der Waals surface area contributed by atoms with Gasteiger partial charge in [-0.05, 0) is 48.8 Å². The summed E-state index contributed by atoms with van der Waals surface area (Å²) in [5.41, 5.74) is 0.491. The van der Waals surface area contributed by atoms with Crippen LogP contribution in [0.2, 0.25) is 0 Å². The van der Waals surface area contributed by atoms with Crippen molar-refractivity contribution in [1.82, 2.24) is 0 Å². The van der Waals surface area contributed by atoms with Gasteiger partial charge in [-0.1, -0.05) is 44.7 Å². The molecule has 0 aliphatic heterocycles. The first-order chi connectivity index (χ1) is 9.49. The van der Waals surface area contributed by atoms with Gasteiger partial charge in [-0.2, -0.15) is 13.2 Å². The maximum atomic E-state index is 12.5. The lowest BCUT2D eigenvalue weighted by Crippen LogP contribution is -2.16. The highest BCUT2D eigenvalue weighted by Gasteiger charge is 2.30. The smallest absolute Gasteiger partial charge is 0.166 e. The number of benzene rings is 1. The quantitative estimate of drug-likeness (QED) is 0.650. The molecule has 0 saturated heterocycles. The zero-order chi connectivity index (χ0) is 14.6. The largest absolute Gasteiger partial charge is 0.416 e. The minimum absolute atomic E-state index is 0.548. The molecule has 1 aromatic carbocycles. The van der Waals surface area contributed by atoms with Gasteiger partial charge in [0.2, 0.25) is 0 Å². The average Bonchev–Trinajstić information content (AvgIpc) is 2.41. The van der Waals surface area contributed by atoms with E-state index in [9.17, 15) is 13.2 Å². The van der Waals surface area contributed by atoms with Crippen LogP contribution in [0.1, 0.15) is 56.6 Å². The van der Waals surface area contributed by atoms with E-state index in [-0.39, 0.29) is 0 Å². The maximum Gasteiger partial charge on any atom is 0.416 e. The van der Waals surface area contributed by atoms with Crippen LogP contribution in [-0.4, -0.2) is 0 Å². The Hall–Kier alpha value is -0.990. The van der Waals surface area contributed by atoms with Crippen LogP contribution < -0.4 is 0 Å². The van der Waals surface area contributed by atoms with Crippen molar-refractivity contribution < 1.29 is 13.2 Å². The summed E-state index contributed by atoms with van der Waals surface area (Å²) in [5, 5.41) is 0. The van der Waals surface area contributed by atoms with Crippen LogP contribution in [0.5, 0.6) is 0 Å². The molecular weight excluding hydrogens is 261 g/mol. The number of rotatable bonds is 4. The second kappa shape index (κ2) is 6.64. The van der Waals surface area contributed by atoms with Gasteiger partial charge in [0, 0.05) is 0 Å². The van der Waals surface area contributed by atoms with Gasteiger partial charge < -0.3 is 0 Å². The summed E-state index contributed by atoms with van der Waals surface area (Å²) in [4.78, 5) is 0. The van der Waals surface area contributed by atoms with E-state index in [0.29, 0.717) is 5.92 Å². The van der Waals surface area contributed by atoms with Crippen LogP contribution in [0, 0.1) is 11.8 Å². The van der Waals surface area contributed by atoms with Gasteiger partial charge >= 0.3 is 6.18 Å². The molecule has 20 heavy (non-hydrogen) atoms. The Kier molecular flexibility index (Phi) is 5.11. The molecule has 0 spiro atoms. The van der Waals surface area contributed by atoms with E-state index in [0.717, 1.165) is 17.9 Å². The van der Waals surface area contributed by atoms with Crippen molar-refractivity contribution in [3.05, 3.63) is 35.4 Å². The minimum atomic E-state index is -4.23. The Balaban J connectivity index is 1.85. The van der Waals surface area contributed by atoms with E-state index in [1.165, 1.54) is 50.7 Å². The second-order valence-electron chi connectivity index (χ2n) is 6.07. The third kappa shape index (κ3) is 4.26. The monoisotopic (exact) mass is 284 g/mol. The van der Waals surface area contributed by atoms with Crippen LogP contribution in [0.25, 0.3) is 0 Å². The van der Waals surface area contributed by atoms with Crippen molar-refractivity contribution in [2.45, 2.75) is 58.0 Å². The Bertz CT molecular complexity index is 397. The van der Waals surface area contributed by atoms with E-state index in [1.807, 2.05) is 0 Å². The summed E-state index contributed by atoms with van der Waals surface area (Å²) < 4.78 is 37.5. The molecule has 1 fully saturated rings. The van der Waals surface area contributed by atoms with Crippen molar-refractivity contribution >= 4 is 0 Å². The van der Waals surface area contributed by atoms with Gasteiger partial charge in [0.05, 0.1) is 5.56 Å². The van der Waals surface area contributed by atoms with Gasteiger partial charge in [0.15, 0.2) is 0 Å². The van der Waals surface area contributed by atoms with Gasteiger partial charge in [0.1, 0.15) is 0 Å². The fourth-order valence-electron chi connectivity index (χ4n) is 3.30. The molecule has 2 rings (SSSR count). The van der Waals surface area contributed by atoms with E-state index < -0.39 is 11.7 Å². The number of hydrogen-bond donors (Lipinski definition) is 0. The normalized spacial score (nSPS) is 23.8. The van der Waals surface area contributed by atoms with Gasteiger partial charge in [-0.15, -0.1) is 0 Å². The molecular formula is C17H23F3. The fraction of sp³-hybridized carbons (Fsp3) is 0.647. The predicted octanol–water partition coefficient (Wildman–Crippen LogP) is 5.85. The van der Waals surface area contributed by atoms with Gasteiger partial charge in [-0.3, -0.25) is 0 Å². The van der Waals surface area contributed by atoms with Crippen LogP contribution >= 0.6 is 0 Å². The highest BCUT2D eigenvalue weighted by Crippen LogP contribution is 2.34. The van der Waals surface area contributed by atoms with Crippen molar-refractivity contribution in [2.24, 2.45) is 11.8 Å². The van der Waals surface area contributed by atoms with Gasteiger partial charge in [0.25, 0.3) is 0 Å². The molecule has 1 aliphatic carbocycles. The zero-order valence-corrected chi connectivity index (χ0v) is 12.0. The van der Waals surface area contributed by atoms with Crippen molar-refractivity contribution in [3.8, 4) is 0 Å². The topological polar surface area (TPSA) is 0 Å². The summed E-state index contributed by atoms with van der Waals surface area (Å²) in [6.07, 6.45) is 4.32. The first kappa shape index (κ1) is 15.4. The molecule has 0 aromatic heterocycles. The van der Waals surface area contributed by atoms with E-state index in [1.54, 1.807) is 12.1 Å². The molecule has 0 atom stereocenters. The van der Waals surface area contributed by atoms with Crippen LogP contribution in [-0.2, 0) is 12.6 Å². The Labute approximate surface area is 119 Å². The molecule has 0 bridgehead atoms. The average molecular weight is 284 g/mol. The summed E-state index contributed by atoms with van der Waals surface area (Å²) in [7, 11) is 0. The highest BCUT2D eigenvalue weighted by molar-refractivity contribution is 5.24. The third-order valence-corrected chi connectivity index (χ3v) is 4.47. The Morgan fingerprint density at radius 3 is 2.00 bits per heavy atom. The summed E-state index contributed by atoms with van der Waals surface area (Å²) >= 11 is 0. The van der Waals surface area contributed by atoms with Crippen LogP contribution in [0.3, 0.4) is 0 Å². The molecule has 0 N–H and O–H groups in total. The standard InChI is InChI=1S/C17H23F3/c1-2-3-13-4-6-14(7-5-13)12-15-8-10-16(11-9-15)17(18,19)20/h8-11,13-14H,2-7,12H2,1H3. The lowest BCUT2D eigenvalue weighted by atomic mass is 9.78. The Morgan fingerprint density at radius 1 is 0.950 bits per heavy atom. The highest BCUT2D eigenvalue weighted by atomic mass is 19.4. The molecule has 112 valence electrons. The minimum Gasteiger partial charge on any atom is -0.166 e. The molecule has 1 aromatic rings. The Morgan fingerprint density at radius 2 is 1.50 bits per heavy atom. The summed E-state index contributed by atoms with van der Waals surface area (Å²) in [6, 6.07) is 5.69. The maximum absolute atomic E-state index is 12.5. The number of alkyl halides is 3. The van der Waals surface area contributed by atoms with Crippen molar-refractivity contribution in [1.29, 1.82) is 0 Å². The fourth-order valence-corrected chi connectivity index (χ4v) is 3.30. The van der Waals surface area contributed by atoms with E-state index >= 15 is 0 Å². The first-order valence-electron chi connectivity index (χ1n) is 7.65. The van der Waals surface area contributed by atoms with Crippen LogP contribution in [0.15, 0.2) is 24.3 Å². The van der Waals surface area contributed by atoms with Crippen molar-refractivity contribution in [3.63, 3.8) is 0 Å². The molecule has 1 aliphatic rings. The SMILES string of the molecule is CCCC1CCC(Cc2ccc(C(F)(F)F)cc2)CC1. The predicted molar refractivity (Wildman–Crippen MR) is 75.5 cm³/mol. The van der Waals surface area contributed by atoms with E-state index in [2.05, 4.69) is 6.92 Å². The lowest BCUT2D eigenvalue weighted by molar-refractivity contribution is -0.137. The molecule has 3 heteroatoms. The summed E-state index contributed by atoms with van der Waals surface area (Å²) in [6.45, 7) is 2.23. The number of hydrogen-bond acceptors (Lipinski definition) is 0.